The first-order valence-corrected chi connectivity index (χ1v) is 5.96. The summed E-state index contributed by atoms with van der Waals surface area (Å²) in [6.07, 6.45) is 3.77. The lowest BCUT2D eigenvalue weighted by molar-refractivity contribution is -0.0934. The molecule has 2 aliphatic rings. The molecule has 5 heteroatoms. The van der Waals surface area contributed by atoms with Gasteiger partial charge in [-0.05, 0) is 25.7 Å². The topological polar surface area (TPSA) is 68.1 Å². The van der Waals surface area contributed by atoms with Crippen molar-refractivity contribution in [2.45, 2.75) is 49.9 Å². The van der Waals surface area contributed by atoms with Crippen LogP contribution in [0.15, 0.2) is 5.18 Å². The van der Waals surface area contributed by atoms with Crippen molar-refractivity contribution in [2.75, 3.05) is 19.8 Å². The molecule has 16 heavy (non-hydrogen) atoms. The highest BCUT2D eigenvalue weighted by Crippen LogP contribution is 2.31. The minimum absolute atomic E-state index is 0.105. The van der Waals surface area contributed by atoms with Crippen molar-refractivity contribution in [3.05, 3.63) is 4.91 Å². The minimum atomic E-state index is -0.862. The summed E-state index contributed by atoms with van der Waals surface area (Å²) < 4.78 is 10.8. The molecule has 0 aromatic heterocycles. The number of nitrogens with zero attached hydrogens (tertiary/aromatic N) is 1. The lowest BCUT2D eigenvalue weighted by atomic mass is 9.83. The highest BCUT2D eigenvalue weighted by Gasteiger charge is 2.36. The van der Waals surface area contributed by atoms with Crippen LogP contribution in [0.25, 0.3) is 0 Å². The Labute approximate surface area is 95.1 Å². The molecule has 3 atom stereocenters. The standard InChI is InChI=1S/C11H19NO4/c13-11(4-1-2-9(6-11)12-14)8-16-10-3-5-15-7-10/h9-10,13H,1-8H2/t9?,10-,11-/m0/s1. The second kappa shape index (κ2) is 5.21. The SMILES string of the molecule is O=NC1CCC[C@@](O)(CO[C@H]2CCOC2)C1. The van der Waals surface area contributed by atoms with E-state index in [4.69, 9.17) is 9.47 Å². The van der Waals surface area contributed by atoms with E-state index in [9.17, 15) is 10.0 Å². The van der Waals surface area contributed by atoms with Gasteiger partial charge in [-0.2, -0.15) is 4.91 Å². The molecule has 5 nitrogen and oxygen atoms in total. The van der Waals surface area contributed by atoms with E-state index in [2.05, 4.69) is 5.18 Å². The van der Waals surface area contributed by atoms with Gasteiger partial charge >= 0.3 is 0 Å². The van der Waals surface area contributed by atoms with E-state index in [1.54, 1.807) is 0 Å². The number of hydrogen-bond donors (Lipinski definition) is 1. The fourth-order valence-corrected chi connectivity index (χ4v) is 2.45. The van der Waals surface area contributed by atoms with E-state index < -0.39 is 5.60 Å². The van der Waals surface area contributed by atoms with E-state index in [1.165, 1.54) is 0 Å². The summed E-state index contributed by atoms with van der Waals surface area (Å²) in [6, 6.07) is -0.248. The van der Waals surface area contributed by atoms with Gasteiger partial charge in [-0.25, -0.2) is 0 Å². The van der Waals surface area contributed by atoms with Crippen molar-refractivity contribution < 1.29 is 14.6 Å². The van der Waals surface area contributed by atoms with Crippen LogP contribution < -0.4 is 0 Å². The average molecular weight is 229 g/mol. The van der Waals surface area contributed by atoms with Crippen LogP contribution in [0.5, 0.6) is 0 Å². The Morgan fingerprint density at radius 2 is 2.38 bits per heavy atom. The monoisotopic (exact) mass is 229 g/mol. The summed E-state index contributed by atoms with van der Waals surface area (Å²) in [6.45, 7) is 1.65. The molecule has 1 aliphatic heterocycles. The quantitative estimate of drug-likeness (QED) is 0.736. The molecule has 92 valence electrons. The van der Waals surface area contributed by atoms with E-state index in [-0.39, 0.29) is 12.1 Å². The third-order valence-electron chi connectivity index (χ3n) is 3.42. The van der Waals surface area contributed by atoms with Gasteiger partial charge in [-0.15, -0.1) is 0 Å². The fourth-order valence-electron chi connectivity index (χ4n) is 2.45. The number of hydrogen-bond acceptors (Lipinski definition) is 5. The molecular formula is C11H19NO4. The zero-order chi connectivity index (χ0) is 11.4. The van der Waals surface area contributed by atoms with Gasteiger partial charge in [0, 0.05) is 13.0 Å². The van der Waals surface area contributed by atoms with E-state index in [0.717, 1.165) is 25.9 Å². The Hall–Kier alpha value is -0.520. The smallest absolute Gasteiger partial charge is 0.0948 e. The Kier molecular flexibility index (Phi) is 3.89. The van der Waals surface area contributed by atoms with Crippen LogP contribution in [0.3, 0.4) is 0 Å². The number of nitroso groups, excluding NO2 is 1. The normalized spacial score (nSPS) is 39.8. The zero-order valence-electron chi connectivity index (χ0n) is 9.43. The number of rotatable bonds is 4. The maximum absolute atomic E-state index is 10.5. The predicted octanol–water partition coefficient (Wildman–Crippen LogP) is 1.23. The van der Waals surface area contributed by atoms with Gasteiger partial charge in [0.15, 0.2) is 0 Å². The zero-order valence-corrected chi connectivity index (χ0v) is 9.43. The number of aliphatic hydroxyl groups is 1. The third-order valence-corrected chi connectivity index (χ3v) is 3.42. The first-order valence-electron chi connectivity index (χ1n) is 5.96. The van der Waals surface area contributed by atoms with E-state index in [1.807, 2.05) is 0 Å². The molecule has 1 aliphatic carbocycles. The lowest BCUT2D eigenvalue weighted by Gasteiger charge is -2.34. The van der Waals surface area contributed by atoms with Gasteiger partial charge in [0.1, 0.15) is 0 Å². The highest BCUT2D eigenvalue weighted by molar-refractivity contribution is 4.89. The van der Waals surface area contributed by atoms with Crippen molar-refractivity contribution in [3.63, 3.8) is 0 Å². The summed E-state index contributed by atoms with van der Waals surface area (Å²) in [7, 11) is 0. The van der Waals surface area contributed by atoms with Crippen LogP contribution in [0, 0.1) is 4.91 Å². The minimum Gasteiger partial charge on any atom is -0.387 e. The van der Waals surface area contributed by atoms with Crippen LogP contribution in [0.1, 0.15) is 32.1 Å². The fraction of sp³-hybridized carbons (Fsp3) is 1.00. The maximum Gasteiger partial charge on any atom is 0.0948 e. The summed E-state index contributed by atoms with van der Waals surface area (Å²) in [5.41, 5.74) is -0.862. The van der Waals surface area contributed by atoms with Crippen LogP contribution in [-0.2, 0) is 9.47 Å². The molecule has 0 aromatic carbocycles. The molecule has 0 amide bonds. The van der Waals surface area contributed by atoms with Crippen molar-refractivity contribution >= 4 is 0 Å². The van der Waals surface area contributed by atoms with Crippen LogP contribution >= 0.6 is 0 Å². The van der Waals surface area contributed by atoms with E-state index in [0.29, 0.717) is 26.1 Å². The van der Waals surface area contributed by atoms with Crippen LogP contribution in [-0.4, -0.2) is 42.7 Å². The summed E-state index contributed by atoms with van der Waals surface area (Å²) in [5.74, 6) is 0. The molecule has 1 saturated heterocycles. The molecule has 0 spiro atoms. The summed E-state index contributed by atoms with van der Waals surface area (Å²) >= 11 is 0. The van der Waals surface area contributed by atoms with Gasteiger partial charge in [0.2, 0.25) is 0 Å². The first kappa shape index (κ1) is 12.0. The second-order valence-electron chi connectivity index (χ2n) is 4.88. The van der Waals surface area contributed by atoms with E-state index >= 15 is 0 Å². The Balaban J connectivity index is 1.79. The molecule has 0 bridgehead atoms. The van der Waals surface area contributed by atoms with Crippen molar-refractivity contribution in [2.24, 2.45) is 5.18 Å². The molecule has 0 aromatic rings. The Morgan fingerprint density at radius 3 is 3.06 bits per heavy atom. The average Bonchev–Trinajstić information content (AvgIpc) is 2.79. The summed E-state index contributed by atoms with van der Waals surface area (Å²) in [5, 5.41) is 13.3. The van der Waals surface area contributed by atoms with Gasteiger partial charge < -0.3 is 14.6 Å². The van der Waals surface area contributed by atoms with Crippen molar-refractivity contribution in [1.82, 2.24) is 0 Å². The molecule has 2 fully saturated rings. The Morgan fingerprint density at radius 1 is 1.50 bits per heavy atom. The van der Waals surface area contributed by atoms with Gasteiger partial charge in [0.25, 0.3) is 0 Å². The predicted molar refractivity (Wildman–Crippen MR) is 58.2 cm³/mol. The molecular weight excluding hydrogens is 210 g/mol. The number of ether oxygens (including phenoxy) is 2. The van der Waals surface area contributed by atoms with Gasteiger partial charge in [-0.1, -0.05) is 5.18 Å². The maximum atomic E-state index is 10.5. The molecule has 2 rings (SSSR count). The molecule has 1 saturated carbocycles. The summed E-state index contributed by atoms with van der Waals surface area (Å²) in [4.78, 5) is 10.5. The van der Waals surface area contributed by atoms with Crippen LogP contribution in [0.4, 0.5) is 0 Å². The largest absolute Gasteiger partial charge is 0.387 e. The first-order chi connectivity index (χ1) is 7.72. The van der Waals surface area contributed by atoms with Crippen LogP contribution in [0.2, 0.25) is 0 Å². The highest BCUT2D eigenvalue weighted by atomic mass is 16.5. The van der Waals surface area contributed by atoms with Gasteiger partial charge in [-0.3, -0.25) is 0 Å². The van der Waals surface area contributed by atoms with Gasteiger partial charge in [0.05, 0.1) is 31.0 Å². The second-order valence-corrected chi connectivity index (χ2v) is 4.88. The molecule has 0 radical (unpaired) electrons. The molecule has 1 heterocycles. The molecule has 1 unspecified atom stereocenters. The van der Waals surface area contributed by atoms with Crippen molar-refractivity contribution in [3.8, 4) is 0 Å². The lowest BCUT2D eigenvalue weighted by Crippen LogP contribution is -2.42. The van der Waals surface area contributed by atoms with Crippen molar-refractivity contribution in [1.29, 1.82) is 0 Å². The Bertz CT molecular complexity index is 242. The third kappa shape index (κ3) is 2.99. The molecule has 1 N–H and O–H groups in total.